The molecule has 4 aromatic carbocycles. The van der Waals surface area contributed by atoms with Crippen LogP contribution in [0.15, 0.2) is 84.9 Å². The summed E-state index contributed by atoms with van der Waals surface area (Å²) in [5, 5.41) is 3.67. The second kappa shape index (κ2) is 7.80. The third kappa shape index (κ3) is 3.94. The first-order valence-electron chi connectivity index (χ1n) is 7.99. The van der Waals surface area contributed by atoms with E-state index >= 15 is 0 Å². The van der Waals surface area contributed by atoms with Crippen molar-refractivity contribution in [3.8, 4) is 5.75 Å². The second-order valence-corrected chi connectivity index (χ2v) is 7.47. The Kier molecular flexibility index (Phi) is 5.68. The van der Waals surface area contributed by atoms with Crippen molar-refractivity contribution < 1.29 is 43.6 Å². The molecule has 4 rings (SSSR count). The quantitative estimate of drug-likeness (QED) is 0.407. The van der Waals surface area contributed by atoms with Crippen LogP contribution in [0.3, 0.4) is 0 Å². The molecule has 0 amide bonds. The maximum absolute atomic E-state index is 12.6. The Hall–Kier alpha value is -1.85. The van der Waals surface area contributed by atoms with E-state index in [0.717, 1.165) is 27.1 Å². The number of fused-ring (bicyclic) bond motifs is 2. The van der Waals surface area contributed by atoms with Crippen molar-refractivity contribution in [1.82, 2.24) is 0 Å². The minimum absolute atomic E-state index is 0. The van der Waals surface area contributed by atoms with Gasteiger partial charge in [-0.2, -0.15) is 8.42 Å². The third-order valence-corrected chi connectivity index (χ3v) is 5.28. The number of rotatable bonds is 4. The van der Waals surface area contributed by atoms with Crippen LogP contribution in [0.25, 0.3) is 21.5 Å². The molecule has 0 aliphatic rings. The maximum Gasteiger partial charge on any atom is 1.00 e. The summed E-state index contributed by atoms with van der Waals surface area (Å²) in [6.07, 6.45) is 0. The smallest absolute Gasteiger partial charge is 1.00 e. The van der Waals surface area contributed by atoms with E-state index < -0.39 is 10.1 Å². The average molecular weight is 372 g/mol. The van der Waals surface area contributed by atoms with Crippen molar-refractivity contribution in [2.75, 3.05) is 0 Å². The van der Waals surface area contributed by atoms with Crippen LogP contribution >= 0.6 is 0 Å². The van der Waals surface area contributed by atoms with Crippen molar-refractivity contribution in [2.24, 2.45) is 0 Å². The fourth-order valence-corrected chi connectivity index (χ4v) is 4.15. The van der Waals surface area contributed by atoms with E-state index in [2.05, 4.69) is 0 Å². The molecule has 5 heteroatoms. The molecule has 0 atom stereocenters. The van der Waals surface area contributed by atoms with Gasteiger partial charge in [-0.25, -0.2) is 0 Å². The van der Waals surface area contributed by atoms with E-state index in [9.17, 15) is 8.42 Å². The molecule has 0 saturated heterocycles. The topological polar surface area (TPSA) is 43.4 Å². The maximum atomic E-state index is 12.6. The van der Waals surface area contributed by atoms with E-state index in [1.807, 2.05) is 72.8 Å². The van der Waals surface area contributed by atoms with Crippen LogP contribution in [-0.2, 0) is 15.9 Å². The first-order valence-corrected chi connectivity index (χ1v) is 9.57. The van der Waals surface area contributed by atoms with Crippen molar-refractivity contribution in [3.63, 3.8) is 0 Å². The molecule has 126 valence electrons. The van der Waals surface area contributed by atoms with Gasteiger partial charge in [0.2, 0.25) is 0 Å². The summed E-state index contributed by atoms with van der Waals surface area (Å²) in [7, 11) is -3.77. The van der Waals surface area contributed by atoms with Crippen LogP contribution < -0.4 is 33.7 Å². The van der Waals surface area contributed by atoms with Crippen LogP contribution in [0.5, 0.6) is 5.75 Å². The molecule has 0 N–H and O–H groups in total. The van der Waals surface area contributed by atoms with Crippen LogP contribution in [-0.4, -0.2) is 8.42 Å². The average Bonchev–Trinajstić information content (AvgIpc) is 2.62. The van der Waals surface area contributed by atoms with Crippen LogP contribution in [0.4, 0.5) is 0 Å². The molecule has 26 heavy (non-hydrogen) atoms. The van der Waals surface area contributed by atoms with Gasteiger partial charge in [-0.3, -0.25) is 0 Å². The zero-order valence-electron chi connectivity index (χ0n) is 15.4. The van der Waals surface area contributed by atoms with Gasteiger partial charge in [0.05, 0.1) is 0 Å². The van der Waals surface area contributed by atoms with Crippen molar-refractivity contribution in [2.45, 2.75) is 5.75 Å². The summed E-state index contributed by atoms with van der Waals surface area (Å²) in [6.45, 7) is 0. The predicted octanol–water partition coefficient (Wildman–Crippen LogP) is 2.02. The molecule has 0 bridgehead atoms. The first kappa shape index (κ1) is 18.9. The van der Waals surface area contributed by atoms with Crippen molar-refractivity contribution in [1.29, 1.82) is 0 Å². The summed E-state index contributed by atoms with van der Waals surface area (Å²) in [6, 6.07) is 26.4. The first-order chi connectivity index (χ1) is 12.1. The molecule has 0 spiro atoms. The Balaban J connectivity index is 0.00000131. The standard InChI is InChI=1S/C21H16O3S.Na.H/c22-25(23,15-18-11-5-9-16-7-1-3-12-19(16)18)24-21-14-6-10-17-8-2-4-13-20(17)21;;/h1-14H,15H2;;/q;+1;-1. The summed E-state index contributed by atoms with van der Waals surface area (Å²) < 4.78 is 30.7. The van der Waals surface area contributed by atoms with Gasteiger partial charge in [0.25, 0.3) is 0 Å². The fraction of sp³-hybridized carbons (Fsp3) is 0.0476. The minimum atomic E-state index is -3.77. The van der Waals surface area contributed by atoms with E-state index in [0.29, 0.717) is 5.75 Å². The van der Waals surface area contributed by atoms with Gasteiger partial charge >= 0.3 is 39.7 Å². The zero-order chi connectivity index (χ0) is 17.3. The molecule has 4 aromatic rings. The number of benzene rings is 4. The Morgan fingerprint density at radius 2 is 1.23 bits per heavy atom. The van der Waals surface area contributed by atoms with Gasteiger partial charge in [-0.1, -0.05) is 78.9 Å². The van der Waals surface area contributed by atoms with Gasteiger partial charge in [-0.15, -0.1) is 0 Å². The summed E-state index contributed by atoms with van der Waals surface area (Å²) >= 11 is 0. The minimum Gasteiger partial charge on any atom is -1.00 e. The zero-order valence-corrected chi connectivity index (χ0v) is 17.2. The Bertz CT molecular complexity index is 1080. The number of hydrogen-bond acceptors (Lipinski definition) is 3. The molecular weight excluding hydrogens is 355 g/mol. The van der Waals surface area contributed by atoms with Gasteiger partial charge in [-0.05, 0) is 27.8 Å². The molecule has 0 unspecified atom stereocenters. The third-order valence-electron chi connectivity index (χ3n) is 4.18. The van der Waals surface area contributed by atoms with E-state index in [1.165, 1.54) is 0 Å². The monoisotopic (exact) mass is 372 g/mol. The Morgan fingerprint density at radius 3 is 1.96 bits per heavy atom. The van der Waals surface area contributed by atoms with E-state index in [1.54, 1.807) is 12.1 Å². The van der Waals surface area contributed by atoms with E-state index in [-0.39, 0.29) is 36.7 Å². The predicted molar refractivity (Wildman–Crippen MR) is 102 cm³/mol. The molecule has 0 radical (unpaired) electrons. The van der Waals surface area contributed by atoms with Crippen LogP contribution in [0.1, 0.15) is 6.99 Å². The fourth-order valence-electron chi connectivity index (χ4n) is 3.04. The van der Waals surface area contributed by atoms with Crippen molar-refractivity contribution in [3.05, 3.63) is 90.5 Å². The normalized spacial score (nSPS) is 11.2. The van der Waals surface area contributed by atoms with Gasteiger partial charge in [0.15, 0.2) is 0 Å². The Labute approximate surface area is 176 Å². The Morgan fingerprint density at radius 1 is 0.692 bits per heavy atom. The van der Waals surface area contributed by atoms with Crippen molar-refractivity contribution >= 4 is 31.7 Å². The molecule has 0 heterocycles. The van der Waals surface area contributed by atoms with Gasteiger partial charge in [0, 0.05) is 5.39 Å². The summed E-state index contributed by atoms with van der Waals surface area (Å²) in [5.41, 5.74) is 0.735. The van der Waals surface area contributed by atoms with E-state index in [4.69, 9.17) is 4.18 Å². The molecule has 0 aromatic heterocycles. The largest absolute Gasteiger partial charge is 1.00 e. The summed E-state index contributed by atoms with van der Waals surface area (Å²) in [5.74, 6) is 0.190. The molecular formula is C21H17NaO3S. The van der Waals surface area contributed by atoms with Crippen LogP contribution in [0.2, 0.25) is 0 Å². The molecule has 0 aliphatic carbocycles. The van der Waals surface area contributed by atoms with Crippen LogP contribution in [0, 0.1) is 0 Å². The molecule has 3 nitrogen and oxygen atoms in total. The second-order valence-electron chi connectivity index (χ2n) is 5.90. The molecule has 0 saturated carbocycles. The number of hydrogen-bond donors (Lipinski definition) is 0. The molecule has 0 aliphatic heterocycles. The van der Waals surface area contributed by atoms with Gasteiger partial charge < -0.3 is 5.61 Å². The SMILES string of the molecule is O=S(=O)(Cc1cccc2ccccc12)Oc1cccc2ccccc12.[H-].[Na+]. The summed E-state index contributed by atoms with van der Waals surface area (Å²) in [4.78, 5) is 0. The molecule has 0 fully saturated rings. The van der Waals surface area contributed by atoms with Gasteiger partial charge in [0.1, 0.15) is 11.5 Å².